The number of carbonyl (C=O) groups is 1. The maximum absolute atomic E-state index is 11.3. The lowest BCUT2D eigenvalue weighted by atomic mass is 9.87. The number of amides is 1. The Hall–Kier alpha value is -0.610. The van der Waals surface area contributed by atoms with Gasteiger partial charge in [-0.25, -0.2) is 0 Å². The summed E-state index contributed by atoms with van der Waals surface area (Å²) in [5, 5.41) is 6.00. The van der Waals surface area contributed by atoms with E-state index in [1.54, 1.807) is 7.11 Å². The van der Waals surface area contributed by atoms with Crippen LogP contribution in [0, 0.1) is 5.92 Å². The maximum Gasteiger partial charge on any atom is 0.234 e. The molecule has 0 atom stereocenters. The second-order valence-corrected chi connectivity index (χ2v) is 4.81. The molecular formula is C13H26N2O2. The standard InChI is InChI=1S/C13H26N2O2/c1-17-10-9-15-13(16)11-14-8-7-12-5-3-2-4-6-12/h12,14H,2-11H2,1H3,(H,15,16). The van der Waals surface area contributed by atoms with E-state index in [4.69, 9.17) is 4.74 Å². The second-order valence-electron chi connectivity index (χ2n) is 4.81. The zero-order valence-corrected chi connectivity index (χ0v) is 11.0. The van der Waals surface area contributed by atoms with Gasteiger partial charge in [-0.15, -0.1) is 0 Å². The summed E-state index contributed by atoms with van der Waals surface area (Å²) in [7, 11) is 1.63. The van der Waals surface area contributed by atoms with E-state index in [1.807, 2.05) is 0 Å². The highest BCUT2D eigenvalue weighted by Crippen LogP contribution is 2.25. The van der Waals surface area contributed by atoms with Crippen LogP contribution in [0.15, 0.2) is 0 Å². The summed E-state index contributed by atoms with van der Waals surface area (Å²) >= 11 is 0. The van der Waals surface area contributed by atoms with Crippen molar-refractivity contribution in [3.63, 3.8) is 0 Å². The number of nitrogens with one attached hydrogen (secondary N) is 2. The molecule has 2 N–H and O–H groups in total. The minimum Gasteiger partial charge on any atom is -0.383 e. The van der Waals surface area contributed by atoms with Crippen molar-refractivity contribution in [2.45, 2.75) is 38.5 Å². The van der Waals surface area contributed by atoms with E-state index >= 15 is 0 Å². The van der Waals surface area contributed by atoms with Crippen LogP contribution >= 0.6 is 0 Å². The number of carbonyl (C=O) groups excluding carboxylic acids is 1. The topological polar surface area (TPSA) is 50.4 Å². The quantitative estimate of drug-likeness (QED) is 0.631. The monoisotopic (exact) mass is 242 g/mol. The van der Waals surface area contributed by atoms with Gasteiger partial charge in [0.05, 0.1) is 13.2 Å². The van der Waals surface area contributed by atoms with Gasteiger partial charge in [0.15, 0.2) is 0 Å². The van der Waals surface area contributed by atoms with Crippen molar-refractivity contribution in [3.8, 4) is 0 Å². The van der Waals surface area contributed by atoms with Gasteiger partial charge in [0.1, 0.15) is 0 Å². The Bertz CT molecular complexity index is 204. The van der Waals surface area contributed by atoms with Crippen LogP contribution in [0.2, 0.25) is 0 Å². The van der Waals surface area contributed by atoms with Crippen LogP contribution in [0.1, 0.15) is 38.5 Å². The van der Waals surface area contributed by atoms with E-state index in [2.05, 4.69) is 10.6 Å². The minimum atomic E-state index is 0.0608. The third-order valence-electron chi connectivity index (χ3n) is 3.37. The summed E-state index contributed by atoms with van der Waals surface area (Å²) in [6, 6.07) is 0. The predicted octanol–water partition coefficient (Wildman–Crippen LogP) is 1.31. The van der Waals surface area contributed by atoms with Crippen LogP contribution in [0.3, 0.4) is 0 Å². The molecule has 0 saturated heterocycles. The molecular weight excluding hydrogens is 216 g/mol. The Morgan fingerprint density at radius 1 is 1.24 bits per heavy atom. The molecule has 1 amide bonds. The molecule has 0 aromatic carbocycles. The van der Waals surface area contributed by atoms with Gasteiger partial charge in [-0.1, -0.05) is 32.1 Å². The average molecular weight is 242 g/mol. The van der Waals surface area contributed by atoms with Crippen LogP contribution in [-0.4, -0.2) is 39.3 Å². The van der Waals surface area contributed by atoms with E-state index in [9.17, 15) is 4.79 Å². The SMILES string of the molecule is COCCNC(=O)CNCCC1CCCCC1. The smallest absolute Gasteiger partial charge is 0.234 e. The molecule has 1 saturated carbocycles. The first-order valence-corrected chi connectivity index (χ1v) is 6.79. The molecule has 100 valence electrons. The summed E-state index contributed by atoms with van der Waals surface area (Å²) < 4.78 is 4.86. The number of methoxy groups -OCH3 is 1. The fourth-order valence-electron chi connectivity index (χ4n) is 2.34. The molecule has 0 spiro atoms. The molecule has 1 aliphatic rings. The molecule has 1 fully saturated rings. The predicted molar refractivity (Wildman–Crippen MR) is 68.9 cm³/mol. The first kappa shape index (κ1) is 14.5. The van der Waals surface area contributed by atoms with Crippen molar-refractivity contribution < 1.29 is 9.53 Å². The molecule has 4 nitrogen and oxygen atoms in total. The van der Waals surface area contributed by atoms with Crippen molar-refractivity contribution >= 4 is 5.91 Å². The Balaban J connectivity index is 1.90. The molecule has 0 aliphatic heterocycles. The normalized spacial score (nSPS) is 17.0. The van der Waals surface area contributed by atoms with Gasteiger partial charge in [-0.3, -0.25) is 4.79 Å². The van der Waals surface area contributed by atoms with Gasteiger partial charge in [0.2, 0.25) is 5.91 Å². The fraction of sp³-hybridized carbons (Fsp3) is 0.923. The molecule has 17 heavy (non-hydrogen) atoms. The van der Waals surface area contributed by atoms with Crippen molar-refractivity contribution in [2.75, 3.05) is 33.4 Å². The van der Waals surface area contributed by atoms with E-state index in [-0.39, 0.29) is 5.91 Å². The Morgan fingerprint density at radius 3 is 2.71 bits per heavy atom. The minimum absolute atomic E-state index is 0.0608. The largest absolute Gasteiger partial charge is 0.383 e. The first-order chi connectivity index (χ1) is 8.33. The average Bonchev–Trinajstić information content (AvgIpc) is 2.36. The Labute approximate surface area is 104 Å². The Morgan fingerprint density at radius 2 is 2.00 bits per heavy atom. The second kappa shape index (κ2) is 9.42. The zero-order chi connectivity index (χ0) is 12.3. The molecule has 0 aromatic rings. The molecule has 4 heteroatoms. The van der Waals surface area contributed by atoms with Gasteiger partial charge in [0.25, 0.3) is 0 Å². The van der Waals surface area contributed by atoms with Gasteiger partial charge >= 0.3 is 0 Å². The Kier molecular flexibility index (Phi) is 8.01. The van der Waals surface area contributed by atoms with E-state index in [0.29, 0.717) is 19.7 Å². The van der Waals surface area contributed by atoms with E-state index in [1.165, 1.54) is 38.5 Å². The van der Waals surface area contributed by atoms with Crippen molar-refractivity contribution in [1.82, 2.24) is 10.6 Å². The molecule has 1 rings (SSSR count). The van der Waals surface area contributed by atoms with Gasteiger partial charge in [-0.05, 0) is 18.9 Å². The van der Waals surface area contributed by atoms with Crippen molar-refractivity contribution in [1.29, 1.82) is 0 Å². The lowest BCUT2D eigenvalue weighted by molar-refractivity contribution is -0.120. The number of hydrogen-bond donors (Lipinski definition) is 2. The highest BCUT2D eigenvalue weighted by atomic mass is 16.5. The summed E-state index contributed by atoms with van der Waals surface area (Å²) in [5.41, 5.74) is 0. The molecule has 1 aliphatic carbocycles. The van der Waals surface area contributed by atoms with Crippen molar-refractivity contribution in [2.24, 2.45) is 5.92 Å². The molecule has 0 heterocycles. The number of rotatable bonds is 8. The number of ether oxygens (including phenoxy) is 1. The third-order valence-corrected chi connectivity index (χ3v) is 3.37. The molecule has 0 aromatic heterocycles. The van der Waals surface area contributed by atoms with Crippen molar-refractivity contribution in [3.05, 3.63) is 0 Å². The third kappa shape index (κ3) is 7.34. The van der Waals surface area contributed by atoms with Gasteiger partial charge in [-0.2, -0.15) is 0 Å². The van der Waals surface area contributed by atoms with Crippen LogP contribution in [0.5, 0.6) is 0 Å². The van der Waals surface area contributed by atoms with Crippen LogP contribution in [0.25, 0.3) is 0 Å². The molecule has 0 unspecified atom stereocenters. The maximum atomic E-state index is 11.3. The van der Waals surface area contributed by atoms with E-state index in [0.717, 1.165) is 12.5 Å². The first-order valence-electron chi connectivity index (χ1n) is 6.79. The van der Waals surface area contributed by atoms with E-state index < -0.39 is 0 Å². The van der Waals surface area contributed by atoms with Crippen LogP contribution < -0.4 is 10.6 Å². The summed E-state index contributed by atoms with van der Waals surface area (Å²) in [6.07, 6.45) is 8.16. The lowest BCUT2D eigenvalue weighted by Crippen LogP contribution is -2.36. The summed E-state index contributed by atoms with van der Waals surface area (Å²) in [6.45, 7) is 2.56. The van der Waals surface area contributed by atoms with Gasteiger partial charge in [0, 0.05) is 13.7 Å². The summed E-state index contributed by atoms with van der Waals surface area (Å²) in [4.78, 5) is 11.3. The van der Waals surface area contributed by atoms with Gasteiger partial charge < -0.3 is 15.4 Å². The molecule has 0 radical (unpaired) electrons. The fourth-order valence-corrected chi connectivity index (χ4v) is 2.34. The lowest BCUT2D eigenvalue weighted by Gasteiger charge is -2.21. The summed E-state index contributed by atoms with van der Waals surface area (Å²) in [5.74, 6) is 0.943. The molecule has 0 bridgehead atoms. The van der Waals surface area contributed by atoms with Crippen LogP contribution in [-0.2, 0) is 9.53 Å². The highest BCUT2D eigenvalue weighted by Gasteiger charge is 2.12. The zero-order valence-electron chi connectivity index (χ0n) is 11.0. The van der Waals surface area contributed by atoms with Crippen LogP contribution in [0.4, 0.5) is 0 Å². The highest BCUT2D eigenvalue weighted by molar-refractivity contribution is 5.77. The number of hydrogen-bond acceptors (Lipinski definition) is 3.